The Kier molecular flexibility index (Phi) is 7.80. The third kappa shape index (κ3) is 6.28. The molecule has 3 aromatic heterocycles. The Hall–Kier alpha value is -6.06. The van der Waals surface area contributed by atoms with E-state index in [9.17, 15) is 0 Å². The molecule has 4 heteroatoms. The summed E-state index contributed by atoms with van der Waals surface area (Å²) in [5, 5.41) is 17.1. The van der Waals surface area contributed by atoms with Crippen LogP contribution >= 0.6 is 0 Å². The van der Waals surface area contributed by atoms with Gasteiger partial charge in [-0.05, 0) is 91.5 Å². The molecule has 1 unspecified atom stereocenters. The van der Waals surface area contributed by atoms with Crippen LogP contribution in [-0.2, 0) is 20.1 Å². The first-order chi connectivity index (χ1) is 28.5. The van der Waals surface area contributed by atoms with Crippen LogP contribution in [0.4, 0.5) is 0 Å². The summed E-state index contributed by atoms with van der Waals surface area (Å²) < 4.78 is 53.4. The number of fused-ring (bicyclic) bond motifs is 15. The Labute approximate surface area is 342 Å². The summed E-state index contributed by atoms with van der Waals surface area (Å²) in [7, 11) is 0. The Bertz CT molecular complexity index is 3410. The van der Waals surface area contributed by atoms with E-state index in [1.54, 1.807) is 12.2 Å². The molecule has 55 heavy (non-hydrogen) atoms. The molecule has 0 saturated carbocycles. The van der Waals surface area contributed by atoms with Gasteiger partial charge in [0.05, 0.1) is 5.58 Å². The summed E-state index contributed by atoms with van der Waals surface area (Å²) >= 11 is 0. The van der Waals surface area contributed by atoms with Gasteiger partial charge in [-0.15, -0.1) is 18.2 Å². The smallest absolute Gasteiger partial charge is 0.128 e. The van der Waals surface area contributed by atoms with Gasteiger partial charge in [-0.25, -0.2) is 0 Å². The fraction of sp³-hybridized carbons (Fsp3) is 0.0588. The summed E-state index contributed by atoms with van der Waals surface area (Å²) in [6.07, 6.45) is 6.31. The third-order valence-corrected chi connectivity index (χ3v) is 10.2. The number of hydrogen-bond acceptors (Lipinski definition) is 2. The fourth-order valence-electron chi connectivity index (χ4n) is 7.59. The van der Waals surface area contributed by atoms with Crippen LogP contribution in [0.3, 0.4) is 0 Å². The van der Waals surface area contributed by atoms with Gasteiger partial charge < -0.3 is 22.1 Å². The van der Waals surface area contributed by atoms with Crippen LogP contribution in [0.5, 0.6) is 0 Å². The van der Waals surface area contributed by atoms with Crippen molar-refractivity contribution < 1.29 is 32.7 Å². The molecule has 3 nitrogen and oxygen atoms in total. The zero-order valence-electron chi connectivity index (χ0n) is 35.7. The average Bonchev–Trinajstić information content (AvgIpc) is 3.65. The normalized spacial score (nSPS) is 15.8. The number of furan rings is 1. The van der Waals surface area contributed by atoms with E-state index < -0.39 is 13.7 Å². The van der Waals surface area contributed by atoms with Crippen molar-refractivity contribution in [1.29, 1.82) is 0 Å². The van der Waals surface area contributed by atoms with E-state index in [1.807, 2.05) is 54.6 Å². The van der Waals surface area contributed by atoms with Gasteiger partial charge >= 0.3 is 0 Å². The van der Waals surface area contributed by atoms with Gasteiger partial charge in [0.1, 0.15) is 5.58 Å². The second kappa shape index (κ2) is 14.6. The molecule has 0 saturated heterocycles. The molecule has 10 aromatic rings. The standard InChI is InChI=1S/C38H22NO.C12H11N.CH3.Ir/c1-22-21-39-36-20-33(22)25-9-4-7-23(17-25)24-8-5-10-26(18-24)34-19-35-29(27-11-2-3-12-28(27)34)15-16-31-30-13-6-14-32(36)37(30)40-38(31)35;1-10-7-8-12(13-9-10)11-5-3-2-4-6-11;;/h2-13,15-21H,1H3;2-5,7-9,12H,1H3;1H3;/q-1;-2;-1;/i2*1D3;;. The molecule has 1 atom stereocenters. The van der Waals surface area contributed by atoms with E-state index in [4.69, 9.17) is 12.6 Å². The monoisotopic (exact) mass is 891 g/mol. The maximum absolute atomic E-state index is 8.29. The van der Waals surface area contributed by atoms with Gasteiger partial charge in [0.25, 0.3) is 0 Å². The summed E-state index contributed by atoms with van der Waals surface area (Å²) in [5.74, 6) is 0. The maximum Gasteiger partial charge on any atom is 0.128 e. The van der Waals surface area contributed by atoms with Crippen LogP contribution in [-0.4, -0.2) is 4.98 Å². The van der Waals surface area contributed by atoms with Crippen molar-refractivity contribution in [2.45, 2.75) is 19.7 Å². The molecule has 1 radical (unpaired) electrons. The van der Waals surface area contributed by atoms with Crippen molar-refractivity contribution in [3.63, 3.8) is 0 Å². The van der Waals surface area contributed by atoms with Crippen LogP contribution in [0.15, 0.2) is 168 Å². The molecule has 1 aliphatic rings. The first-order valence-electron chi connectivity index (χ1n) is 20.5. The average molecular weight is 891 g/mol. The van der Waals surface area contributed by atoms with Gasteiger partial charge in [0, 0.05) is 45.3 Å². The summed E-state index contributed by atoms with van der Waals surface area (Å²) in [5.41, 5.74) is 3.54. The van der Waals surface area contributed by atoms with Crippen molar-refractivity contribution in [2.24, 2.45) is 0 Å². The number of nitrogens with zero attached hydrogens (tertiary/aromatic N) is 2. The zero-order chi connectivity index (χ0) is 40.5. The molecular formula is C51H36IrN2O-4. The number of allylic oxidation sites excluding steroid dienone is 2. The molecule has 4 heterocycles. The first-order valence-corrected chi connectivity index (χ1v) is 17.5. The van der Waals surface area contributed by atoms with Gasteiger partial charge in [0.15, 0.2) is 0 Å². The van der Waals surface area contributed by atoms with E-state index in [0.29, 0.717) is 21.9 Å². The number of aryl methyl sites for hydroxylation is 1. The molecule has 10 bridgehead atoms. The molecule has 0 amide bonds. The van der Waals surface area contributed by atoms with Crippen molar-refractivity contribution in [3.05, 3.63) is 200 Å². The van der Waals surface area contributed by atoms with Crippen molar-refractivity contribution >= 4 is 86.7 Å². The first kappa shape index (κ1) is 29.3. The number of pyridine rings is 1. The van der Waals surface area contributed by atoms with E-state index in [2.05, 4.69) is 101 Å². The number of benzene rings is 7. The van der Waals surface area contributed by atoms with Crippen LogP contribution in [0.25, 0.3) is 92.0 Å². The molecule has 0 N–H and O–H groups in total. The predicted molar refractivity (Wildman–Crippen MR) is 230 cm³/mol. The van der Waals surface area contributed by atoms with Gasteiger partial charge in [-0.1, -0.05) is 113 Å². The molecule has 7 aromatic carbocycles. The summed E-state index contributed by atoms with van der Waals surface area (Å²) in [6, 6.07) is 51.4. The van der Waals surface area contributed by atoms with Gasteiger partial charge in [0.2, 0.25) is 0 Å². The number of hydrogen-bond donors (Lipinski definition) is 0. The zero-order valence-corrected chi connectivity index (χ0v) is 32.1. The van der Waals surface area contributed by atoms with Crippen molar-refractivity contribution in [1.82, 2.24) is 4.98 Å². The Morgan fingerprint density at radius 3 is 2.05 bits per heavy atom. The molecule has 269 valence electrons. The summed E-state index contributed by atoms with van der Waals surface area (Å²) in [6.45, 7) is -4.41. The topological polar surface area (TPSA) is 40.1 Å². The molecule has 11 rings (SSSR count). The van der Waals surface area contributed by atoms with Gasteiger partial charge in [-0.2, -0.15) is 42.1 Å². The van der Waals surface area contributed by atoms with Gasteiger partial charge in [-0.3, -0.25) is 0 Å². The second-order valence-corrected chi connectivity index (χ2v) is 13.3. The number of rotatable bonds is 1. The Balaban J connectivity index is 0.000000243. The van der Waals surface area contributed by atoms with E-state index >= 15 is 0 Å². The number of aromatic nitrogens is 1. The minimum atomic E-state index is -2.33. The minimum Gasteiger partial charge on any atom is -0.683 e. The van der Waals surface area contributed by atoms with Crippen LogP contribution in [0, 0.1) is 26.4 Å². The van der Waals surface area contributed by atoms with Crippen LogP contribution in [0.1, 0.15) is 32.2 Å². The maximum atomic E-state index is 8.29. The van der Waals surface area contributed by atoms with Crippen molar-refractivity contribution in [2.75, 3.05) is 0 Å². The Morgan fingerprint density at radius 1 is 0.618 bits per heavy atom. The van der Waals surface area contributed by atoms with E-state index in [-0.39, 0.29) is 44.7 Å². The van der Waals surface area contributed by atoms with Crippen LogP contribution < -0.4 is 0 Å². The van der Waals surface area contributed by atoms with Crippen LogP contribution in [0.2, 0.25) is 0 Å². The third-order valence-electron chi connectivity index (χ3n) is 10.2. The molecule has 0 spiro atoms. The quantitative estimate of drug-likeness (QED) is 0.122. The largest absolute Gasteiger partial charge is 0.683 e. The van der Waals surface area contributed by atoms with Crippen molar-refractivity contribution in [3.8, 4) is 0 Å². The fourth-order valence-corrected chi connectivity index (χ4v) is 7.59. The SMILES string of the molecule is [2H]C([2H])([2H])C1=C[N-]C(c2[c-]cccc2)C=C1.[2H]C([2H])([2H])c1cnc2cc1c1cccc(c1)c1cccc(c1)c1cc3c(ccc4c5cc[c-]c2c5oc34)c2ccccc12.[CH3-].[Ir]. The minimum absolute atomic E-state index is 0. The summed E-state index contributed by atoms with van der Waals surface area (Å²) in [4.78, 5) is 4.66. The molecular weight excluding hydrogens is 849 g/mol. The molecule has 0 aliphatic carbocycles. The van der Waals surface area contributed by atoms with E-state index in [1.165, 1.54) is 23.2 Å². The predicted octanol–water partition coefficient (Wildman–Crippen LogP) is 14.4. The Morgan fingerprint density at radius 2 is 1.33 bits per heavy atom. The second-order valence-electron chi connectivity index (χ2n) is 13.3. The molecule has 0 fully saturated rings. The molecule has 1 aliphatic heterocycles. The van der Waals surface area contributed by atoms with E-state index in [0.717, 1.165) is 59.6 Å².